The van der Waals surface area contributed by atoms with E-state index in [1.54, 1.807) is 13.1 Å². The van der Waals surface area contributed by atoms with Crippen molar-refractivity contribution >= 4 is 47.6 Å². The highest BCUT2D eigenvalue weighted by Crippen LogP contribution is 2.17. The van der Waals surface area contributed by atoms with Crippen molar-refractivity contribution in [2.75, 3.05) is 26.7 Å². The highest BCUT2D eigenvalue weighted by atomic mass is 127. The number of nitrogens with zero attached hydrogens (tertiary/aromatic N) is 1. The molecule has 0 fully saturated rings. The van der Waals surface area contributed by atoms with Crippen molar-refractivity contribution in [3.63, 3.8) is 0 Å². The molecule has 0 aliphatic heterocycles. The third-order valence-electron chi connectivity index (χ3n) is 3.01. The Morgan fingerprint density at radius 3 is 2.38 bits per heavy atom. The number of nitrogens with one attached hydrogen (secondary N) is 3. The van der Waals surface area contributed by atoms with Crippen LogP contribution in [0.5, 0.6) is 0 Å². The van der Waals surface area contributed by atoms with E-state index in [9.17, 15) is 9.18 Å². The Bertz CT molecular complexity index is 609. The van der Waals surface area contributed by atoms with Gasteiger partial charge in [-0.25, -0.2) is 9.18 Å². The quantitative estimate of drug-likeness (QED) is 0.242. The monoisotopic (exact) mass is 500 g/mol. The molecule has 0 radical (unpaired) electrons. The summed E-state index contributed by atoms with van der Waals surface area (Å²) in [6.07, 6.45) is 0.180. The van der Waals surface area contributed by atoms with Crippen LogP contribution in [-0.4, -0.2) is 44.3 Å². The molecule has 9 heteroatoms. The summed E-state index contributed by atoms with van der Waals surface area (Å²) in [5.41, 5.74) is 0.342. The average molecular weight is 501 g/mol. The lowest BCUT2D eigenvalue weighted by molar-refractivity contribution is 0.0529. The summed E-state index contributed by atoms with van der Waals surface area (Å²) in [6.45, 7) is 6.91. The van der Waals surface area contributed by atoms with Gasteiger partial charge in [0.15, 0.2) is 5.96 Å². The second-order valence-corrected chi connectivity index (χ2v) is 6.75. The van der Waals surface area contributed by atoms with Gasteiger partial charge in [-0.05, 0) is 44.9 Å². The molecule has 3 N–H and O–H groups in total. The largest absolute Gasteiger partial charge is 0.444 e. The smallest absolute Gasteiger partial charge is 0.407 e. The number of hydrogen-bond donors (Lipinski definition) is 3. The number of guanidine groups is 1. The molecule has 0 bridgehead atoms. The van der Waals surface area contributed by atoms with Gasteiger partial charge in [-0.3, -0.25) is 4.99 Å². The summed E-state index contributed by atoms with van der Waals surface area (Å²) < 4.78 is 18.1. The maximum atomic E-state index is 13.0. The van der Waals surface area contributed by atoms with Crippen LogP contribution in [0.15, 0.2) is 23.2 Å². The lowest BCUT2D eigenvalue weighted by Crippen LogP contribution is -2.43. The van der Waals surface area contributed by atoms with Crippen LogP contribution in [-0.2, 0) is 11.2 Å². The van der Waals surface area contributed by atoms with Crippen LogP contribution in [0.25, 0.3) is 0 Å². The Labute approximate surface area is 176 Å². The Kier molecular flexibility index (Phi) is 11.6. The number of alkyl carbamates (subject to hydrolysis) is 1. The summed E-state index contributed by atoms with van der Waals surface area (Å²) in [6, 6.07) is 4.35. The van der Waals surface area contributed by atoms with Crippen LogP contribution in [0.4, 0.5) is 9.18 Å². The molecule has 0 saturated heterocycles. The summed E-state index contributed by atoms with van der Waals surface area (Å²) >= 11 is 5.99. The molecule has 0 atom stereocenters. The topological polar surface area (TPSA) is 74.8 Å². The normalized spacial score (nSPS) is 11.4. The Hall–Kier alpha value is -1.29. The minimum Gasteiger partial charge on any atom is -0.444 e. The second kappa shape index (κ2) is 12.2. The molecule has 0 heterocycles. The van der Waals surface area contributed by atoms with Crippen molar-refractivity contribution in [1.82, 2.24) is 16.0 Å². The molecule has 1 rings (SSSR count). The van der Waals surface area contributed by atoms with Crippen molar-refractivity contribution in [2.45, 2.75) is 32.8 Å². The number of hydrogen-bond acceptors (Lipinski definition) is 3. The summed E-state index contributed by atoms with van der Waals surface area (Å²) in [5, 5.41) is 9.26. The van der Waals surface area contributed by atoms with Gasteiger partial charge in [-0.15, -0.1) is 24.0 Å². The number of carbonyl (C=O) groups is 1. The molecule has 0 aliphatic carbocycles. The van der Waals surface area contributed by atoms with E-state index in [1.807, 2.05) is 20.8 Å². The number of amides is 1. The van der Waals surface area contributed by atoms with E-state index in [0.29, 0.717) is 37.0 Å². The zero-order valence-electron chi connectivity index (χ0n) is 15.5. The molecule has 1 amide bonds. The first-order valence-corrected chi connectivity index (χ1v) is 8.44. The molecule has 148 valence electrons. The number of rotatable bonds is 6. The molecule has 1 aromatic carbocycles. The zero-order valence-corrected chi connectivity index (χ0v) is 18.6. The van der Waals surface area contributed by atoms with Crippen LogP contribution >= 0.6 is 35.6 Å². The average Bonchev–Trinajstić information content (AvgIpc) is 2.49. The fourth-order valence-corrected chi connectivity index (χ4v) is 2.18. The van der Waals surface area contributed by atoms with E-state index in [0.717, 1.165) is 5.56 Å². The number of aliphatic imine (C=N–C) groups is 1. The number of ether oxygens (including phenoxy) is 1. The second-order valence-electron chi connectivity index (χ2n) is 6.34. The van der Waals surface area contributed by atoms with Crippen LogP contribution in [0.1, 0.15) is 26.3 Å². The Balaban J connectivity index is 0.00000625. The van der Waals surface area contributed by atoms with Gasteiger partial charge in [0.05, 0.1) is 0 Å². The zero-order chi connectivity index (χ0) is 18.9. The van der Waals surface area contributed by atoms with E-state index < -0.39 is 11.7 Å². The SMILES string of the molecule is CN=C(NCCNC(=O)OC(C)(C)C)NCCc1ccc(F)cc1Cl.I. The molecule has 6 nitrogen and oxygen atoms in total. The first-order valence-electron chi connectivity index (χ1n) is 8.06. The maximum absolute atomic E-state index is 13.0. The van der Waals surface area contributed by atoms with E-state index >= 15 is 0 Å². The molecular formula is C17H27ClFIN4O2. The summed E-state index contributed by atoms with van der Waals surface area (Å²) in [5.74, 6) is 0.251. The van der Waals surface area contributed by atoms with Crippen molar-refractivity contribution in [1.29, 1.82) is 0 Å². The Morgan fingerprint density at radius 2 is 1.81 bits per heavy atom. The summed E-state index contributed by atoms with van der Waals surface area (Å²) in [7, 11) is 1.65. The van der Waals surface area contributed by atoms with E-state index in [1.165, 1.54) is 12.1 Å². The van der Waals surface area contributed by atoms with Gasteiger partial charge in [-0.1, -0.05) is 17.7 Å². The minimum absolute atomic E-state index is 0. The summed E-state index contributed by atoms with van der Waals surface area (Å²) in [4.78, 5) is 15.6. The number of benzene rings is 1. The van der Waals surface area contributed by atoms with Crippen LogP contribution < -0.4 is 16.0 Å². The lowest BCUT2D eigenvalue weighted by Gasteiger charge is -2.20. The predicted octanol–water partition coefficient (Wildman–Crippen LogP) is 3.33. The highest BCUT2D eigenvalue weighted by Gasteiger charge is 2.15. The van der Waals surface area contributed by atoms with Gasteiger partial charge in [0.2, 0.25) is 0 Å². The molecule has 0 spiro atoms. The van der Waals surface area contributed by atoms with Crippen LogP contribution in [0.2, 0.25) is 5.02 Å². The molecule has 0 aromatic heterocycles. The van der Waals surface area contributed by atoms with Gasteiger partial charge in [0.1, 0.15) is 11.4 Å². The van der Waals surface area contributed by atoms with E-state index in [2.05, 4.69) is 20.9 Å². The third kappa shape index (κ3) is 10.6. The predicted molar refractivity (Wildman–Crippen MR) is 114 cm³/mol. The molecule has 0 unspecified atom stereocenters. The van der Waals surface area contributed by atoms with Crippen molar-refractivity contribution < 1.29 is 13.9 Å². The molecule has 26 heavy (non-hydrogen) atoms. The van der Waals surface area contributed by atoms with Gasteiger partial charge in [0, 0.05) is 31.7 Å². The molecule has 0 aliphatic rings. The van der Waals surface area contributed by atoms with Gasteiger partial charge in [0.25, 0.3) is 0 Å². The van der Waals surface area contributed by atoms with Gasteiger partial charge >= 0.3 is 6.09 Å². The van der Waals surface area contributed by atoms with E-state index in [-0.39, 0.29) is 29.8 Å². The highest BCUT2D eigenvalue weighted by molar-refractivity contribution is 14.0. The van der Waals surface area contributed by atoms with Gasteiger partial charge < -0.3 is 20.7 Å². The van der Waals surface area contributed by atoms with Crippen molar-refractivity contribution in [2.24, 2.45) is 4.99 Å². The van der Waals surface area contributed by atoms with Crippen LogP contribution in [0, 0.1) is 5.82 Å². The van der Waals surface area contributed by atoms with E-state index in [4.69, 9.17) is 16.3 Å². The first kappa shape index (κ1) is 24.7. The van der Waals surface area contributed by atoms with Crippen molar-refractivity contribution in [3.8, 4) is 0 Å². The molecular weight excluding hydrogens is 474 g/mol. The molecule has 0 saturated carbocycles. The standard InChI is InChI=1S/C17H26ClFN4O2.HI/c1-17(2,3)25-16(24)23-10-9-22-15(20-4)21-8-7-12-5-6-13(19)11-14(12)18;/h5-6,11H,7-10H2,1-4H3,(H,23,24)(H2,20,21,22);1H. The Morgan fingerprint density at radius 1 is 1.19 bits per heavy atom. The fraction of sp³-hybridized carbons (Fsp3) is 0.529. The first-order chi connectivity index (χ1) is 11.7. The van der Waals surface area contributed by atoms with Crippen LogP contribution in [0.3, 0.4) is 0 Å². The number of carbonyl (C=O) groups excluding carboxylic acids is 1. The third-order valence-corrected chi connectivity index (χ3v) is 3.36. The molecule has 1 aromatic rings. The van der Waals surface area contributed by atoms with Crippen molar-refractivity contribution in [3.05, 3.63) is 34.6 Å². The maximum Gasteiger partial charge on any atom is 0.407 e. The number of halogens is 3. The minimum atomic E-state index is -0.517. The fourth-order valence-electron chi connectivity index (χ4n) is 1.92. The van der Waals surface area contributed by atoms with Gasteiger partial charge in [-0.2, -0.15) is 0 Å². The lowest BCUT2D eigenvalue weighted by atomic mass is 10.1.